The summed E-state index contributed by atoms with van der Waals surface area (Å²) < 4.78 is 22.9. The number of anilines is 1. The topological polar surface area (TPSA) is 62.3 Å². The molecular formula is C13H21N3O2S. The average Bonchev–Trinajstić information content (AvgIpc) is 2.40. The molecule has 0 unspecified atom stereocenters. The number of rotatable bonds is 5. The highest BCUT2D eigenvalue weighted by molar-refractivity contribution is 7.91. The number of hydrogen-bond acceptors (Lipinski definition) is 5. The van der Waals surface area contributed by atoms with Crippen LogP contribution in [0.25, 0.3) is 0 Å². The number of hydrogen-bond donors (Lipinski definition) is 1. The van der Waals surface area contributed by atoms with Crippen LogP contribution in [-0.2, 0) is 16.4 Å². The van der Waals surface area contributed by atoms with Gasteiger partial charge in [0.25, 0.3) is 0 Å². The fourth-order valence-corrected chi connectivity index (χ4v) is 3.42. The van der Waals surface area contributed by atoms with Gasteiger partial charge in [-0.05, 0) is 19.0 Å². The molecule has 0 atom stereocenters. The monoisotopic (exact) mass is 283 g/mol. The van der Waals surface area contributed by atoms with Gasteiger partial charge < -0.3 is 10.2 Å². The van der Waals surface area contributed by atoms with E-state index in [1.54, 1.807) is 6.20 Å². The molecule has 0 radical (unpaired) electrons. The highest BCUT2D eigenvalue weighted by Gasteiger charge is 2.22. The summed E-state index contributed by atoms with van der Waals surface area (Å²) >= 11 is 0. The third-order valence-corrected chi connectivity index (χ3v) is 4.91. The first-order chi connectivity index (χ1) is 9.12. The Labute approximate surface area is 114 Å². The first-order valence-corrected chi connectivity index (χ1v) is 8.53. The van der Waals surface area contributed by atoms with E-state index in [0.29, 0.717) is 13.1 Å². The molecule has 0 spiro atoms. The highest BCUT2D eigenvalue weighted by atomic mass is 32.2. The number of aromatic nitrogens is 1. The molecule has 1 fully saturated rings. The summed E-state index contributed by atoms with van der Waals surface area (Å²) in [5.74, 6) is 0.494. The van der Waals surface area contributed by atoms with E-state index >= 15 is 0 Å². The van der Waals surface area contributed by atoms with Gasteiger partial charge in [0.2, 0.25) is 0 Å². The standard InChI is InChI=1S/C13H21N3O2S/c1-2-4-14-10-12-11-15-5-3-13(12)16-6-8-19(17,18)9-7-16/h3,5,11,14H,2,4,6-10H2,1H3. The Kier molecular flexibility index (Phi) is 4.76. The normalized spacial score (nSPS) is 18.5. The van der Waals surface area contributed by atoms with Gasteiger partial charge in [-0.1, -0.05) is 6.92 Å². The Morgan fingerprint density at radius 3 is 2.79 bits per heavy atom. The number of nitrogens with zero attached hydrogens (tertiary/aromatic N) is 2. The third-order valence-electron chi connectivity index (χ3n) is 3.31. The van der Waals surface area contributed by atoms with Crippen molar-refractivity contribution < 1.29 is 8.42 Å². The van der Waals surface area contributed by atoms with Crippen LogP contribution in [0.1, 0.15) is 18.9 Å². The second-order valence-electron chi connectivity index (χ2n) is 4.82. The lowest BCUT2D eigenvalue weighted by molar-refractivity contribution is 0.586. The molecule has 0 saturated carbocycles. The van der Waals surface area contributed by atoms with Crippen molar-refractivity contribution in [3.8, 4) is 0 Å². The average molecular weight is 283 g/mol. The van der Waals surface area contributed by atoms with Crippen LogP contribution in [0.5, 0.6) is 0 Å². The zero-order valence-electron chi connectivity index (χ0n) is 11.3. The lowest BCUT2D eigenvalue weighted by Gasteiger charge is -2.30. The molecule has 0 bridgehead atoms. The van der Waals surface area contributed by atoms with Gasteiger partial charge in [-0.3, -0.25) is 4.98 Å². The van der Waals surface area contributed by atoms with Crippen molar-refractivity contribution in [3.63, 3.8) is 0 Å². The summed E-state index contributed by atoms with van der Waals surface area (Å²) in [6, 6.07) is 1.97. The van der Waals surface area contributed by atoms with Crippen molar-refractivity contribution in [2.24, 2.45) is 0 Å². The predicted molar refractivity (Wildman–Crippen MR) is 77.1 cm³/mol. The third kappa shape index (κ3) is 3.91. The zero-order chi connectivity index (χ0) is 13.7. The van der Waals surface area contributed by atoms with Crippen LogP contribution >= 0.6 is 0 Å². The summed E-state index contributed by atoms with van der Waals surface area (Å²) in [5.41, 5.74) is 2.24. The smallest absolute Gasteiger partial charge is 0.153 e. The van der Waals surface area contributed by atoms with E-state index < -0.39 is 9.84 Å². The SMILES string of the molecule is CCCNCc1cnccc1N1CCS(=O)(=O)CC1. The van der Waals surface area contributed by atoms with E-state index in [9.17, 15) is 8.42 Å². The predicted octanol–water partition coefficient (Wildman–Crippen LogP) is 0.816. The maximum Gasteiger partial charge on any atom is 0.153 e. The Hall–Kier alpha value is -1.14. The van der Waals surface area contributed by atoms with Crippen LogP contribution in [-0.4, -0.2) is 44.5 Å². The quantitative estimate of drug-likeness (QED) is 0.811. The van der Waals surface area contributed by atoms with Crippen LogP contribution in [0.15, 0.2) is 18.5 Å². The summed E-state index contributed by atoms with van der Waals surface area (Å²) in [6.45, 7) is 5.04. The van der Waals surface area contributed by atoms with Crippen LogP contribution in [0.3, 0.4) is 0 Å². The first-order valence-electron chi connectivity index (χ1n) is 6.71. The molecule has 1 aromatic rings. The Balaban J connectivity index is 2.07. The van der Waals surface area contributed by atoms with Gasteiger partial charge in [-0.25, -0.2) is 8.42 Å². The largest absolute Gasteiger partial charge is 0.369 e. The maximum atomic E-state index is 11.5. The van der Waals surface area contributed by atoms with Crippen molar-refractivity contribution in [2.75, 3.05) is 36.0 Å². The van der Waals surface area contributed by atoms with Crippen molar-refractivity contribution in [2.45, 2.75) is 19.9 Å². The molecule has 2 rings (SSSR count). The van der Waals surface area contributed by atoms with E-state index in [1.807, 2.05) is 12.3 Å². The molecule has 1 saturated heterocycles. The van der Waals surface area contributed by atoms with Gasteiger partial charge in [0.05, 0.1) is 11.5 Å². The van der Waals surface area contributed by atoms with Crippen molar-refractivity contribution in [1.82, 2.24) is 10.3 Å². The molecule has 19 heavy (non-hydrogen) atoms. The molecule has 1 N–H and O–H groups in total. The van der Waals surface area contributed by atoms with Gasteiger partial charge >= 0.3 is 0 Å². The van der Waals surface area contributed by atoms with E-state index in [2.05, 4.69) is 22.1 Å². The van der Waals surface area contributed by atoms with Crippen LogP contribution in [0.4, 0.5) is 5.69 Å². The minimum absolute atomic E-state index is 0.247. The summed E-state index contributed by atoms with van der Waals surface area (Å²) in [5, 5.41) is 3.36. The molecule has 1 aromatic heterocycles. The molecule has 1 aliphatic rings. The highest BCUT2D eigenvalue weighted by Crippen LogP contribution is 2.21. The number of sulfone groups is 1. The number of nitrogens with one attached hydrogen (secondary N) is 1. The zero-order valence-corrected chi connectivity index (χ0v) is 12.1. The molecule has 0 aliphatic carbocycles. The summed E-state index contributed by atoms with van der Waals surface area (Å²) in [6.07, 6.45) is 4.72. The fourth-order valence-electron chi connectivity index (χ4n) is 2.22. The lowest BCUT2D eigenvalue weighted by Crippen LogP contribution is -2.40. The Morgan fingerprint density at radius 1 is 1.37 bits per heavy atom. The van der Waals surface area contributed by atoms with Gasteiger partial charge in [-0.2, -0.15) is 0 Å². The van der Waals surface area contributed by atoms with E-state index in [4.69, 9.17) is 0 Å². The Bertz CT molecular complexity index is 502. The van der Waals surface area contributed by atoms with Crippen molar-refractivity contribution in [1.29, 1.82) is 0 Å². The summed E-state index contributed by atoms with van der Waals surface area (Å²) in [4.78, 5) is 6.31. The van der Waals surface area contributed by atoms with Gasteiger partial charge in [0.1, 0.15) is 0 Å². The first kappa shape index (κ1) is 14.3. The van der Waals surface area contributed by atoms with Gasteiger partial charge in [0.15, 0.2) is 9.84 Å². The second-order valence-corrected chi connectivity index (χ2v) is 7.12. The van der Waals surface area contributed by atoms with Crippen LogP contribution in [0, 0.1) is 0 Å². The van der Waals surface area contributed by atoms with E-state index in [1.165, 1.54) is 0 Å². The summed E-state index contributed by atoms with van der Waals surface area (Å²) in [7, 11) is -2.83. The van der Waals surface area contributed by atoms with Crippen molar-refractivity contribution >= 4 is 15.5 Å². The number of pyridine rings is 1. The lowest BCUT2D eigenvalue weighted by atomic mass is 10.2. The molecule has 0 aromatic carbocycles. The van der Waals surface area contributed by atoms with Crippen molar-refractivity contribution in [3.05, 3.63) is 24.0 Å². The minimum Gasteiger partial charge on any atom is -0.369 e. The fraction of sp³-hybridized carbons (Fsp3) is 0.615. The van der Waals surface area contributed by atoms with E-state index in [0.717, 1.165) is 30.8 Å². The maximum absolute atomic E-state index is 11.5. The molecule has 2 heterocycles. The molecule has 106 valence electrons. The Morgan fingerprint density at radius 2 is 2.11 bits per heavy atom. The molecule has 1 aliphatic heterocycles. The minimum atomic E-state index is -2.83. The van der Waals surface area contributed by atoms with Crippen LogP contribution < -0.4 is 10.2 Å². The van der Waals surface area contributed by atoms with Crippen LogP contribution in [0.2, 0.25) is 0 Å². The van der Waals surface area contributed by atoms with E-state index in [-0.39, 0.29) is 11.5 Å². The van der Waals surface area contributed by atoms with Gasteiger partial charge in [0, 0.05) is 43.3 Å². The molecule has 6 heteroatoms. The molecule has 0 amide bonds. The molecule has 5 nitrogen and oxygen atoms in total. The second kappa shape index (κ2) is 6.34. The van der Waals surface area contributed by atoms with Gasteiger partial charge in [-0.15, -0.1) is 0 Å². The molecular weight excluding hydrogens is 262 g/mol.